The summed E-state index contributed by atoms with van der Waals surface area (Å²) in [6.07, 6.45) is 2.27. The molecule has 0 aliphatic carbocycles. The number of ether oxygens (including phenoxy) is 2. The Morgan fingerprint density at radius 2 is 2.24 bits per heavy atom. The Morgan fingerprint density at radius 3 is 2.86 bits per heavy atom. The molecule has 0 spiro atoms. The Labute approximate surface area is 122 Å². The second-order valence-corrected chi connectivity index (χ2v) is 4.46. The average Bonchev–Trinajstić information content (AvgIpc) is 2.96. The van der Waals surface area contributed by atoms with E-state index in [0.29, 0.717) is 29.2 Å². The minimum absolute atomic E-state index is 0.308. The summed E-state index contributed by atoms with van der Waals surface area (Å²) in [5.74, 6) is 0.140. The Bertz CT molecular complexity index is 634. The minimum atomic E-state index is -0.730. The van der Waals surface area contributed by atoms with Gasteiger partial charge in [-0.05, 0) is 26.0 Å². The summed E-state index contributed by atoms with van der Waals surface area (Å²) in [6.45, 7) is 3.70. The maximum absolute atomic E-state index is 11.7. The van der Waals surface area contributed by atoms with Gasteiger partial charge in [-0.1, -0.05) is 6.07 Å². The summed E-state index contributed by atoms with van der Waals surface area (Å²) in [6, 6.07) is 5.36. The molecule has 0 saturated heterocycles. The number of benzene rings is 1. The summed E-state index contributed by atoms with van der Waals surface area (Å²) >= 11 is 0. The molecule has 0 amide bonds. The van der Waals surface area contributed by atoms with Crippen LogP contribution in [0.5, 0.6) is 5.75 Å². The molecule has 1 aromatic carbocycles. The lowest BCUT2D eigenvalue weighted by atomic mass is 10.1. The number of aromatic nitrogens is 2. The van der Waals surface area contributed by atoms with E-state index in [4.69, 9.17) is 9.47 Å². The molecule has 0 aliphatic heterocycles. The van der Waals surface area contributed by atoms with Crippen LogP contribution in [0.2, 0.25) is 0 Å². The first-order valence-electron chi connectivity index (χ1n) is 6.65. The third kappa shape index (κ3) is 3.05. The molecule has 2 rings (SSSR count). The van der Waals surface area contributed by atoms with E-state index in [1.807, 2.05) is 0 Å². The van der Waals surface area contributed by atoms with E-state index < -0.39 is 12.1 Å². The van der Waals surface area contributed by atoms with Crippen LogP contribution in [0.1, 0.15) is 35.9 Å². The summed E-state index contributed by atoms with van der Waals surface area (Å²) in [4.78, 5) is 11.7. The molecule has 0 fully saturated rings. The average molecular weight is 290 g/mol. The van der Waals surface area contributed by atoms with Gasteiger partial charge in [-0.25, -0.2) is 9.48 Å². The molecule has 1 heterocycles. The molecule has 2 aromatic rings. The summed E-state index contributed by atoms with van der Waals surface area (Å²) in [5.41, 5.74) is 1.62. The molecule has 0 bridgehead atoms. The third-order valence-corrected chi connectivity index (χ3v) is 3.02. The van der Waals surface area contributed by atoms with Crippen LogP contribution in [0, 0.1) is 0 Å². The van der Waals surface area contributed by atoms with Crippen LogP contribution >= 0.6 is 0 Å². The molecule has 21 heavy (non-hydrogen) atoms. The van der Waals surface area contributed by atoms with Crippen molar-refractivity contribution in [2.24, 2.45) is 0 Å². The number of carbonyl (C=O) groups excluding carboxylic acids is 1. The van der Waals surface area contributed by atoms with Gasteiger partial charge in [-0.3, -0.25) is 0 Å². The minimum Gasteiger partial charge on any atom is -0.496 e. The summed E-state index contributed by atoms with van der Waals surface area (Å²) in [7, 11) is 1.54. The van der Waals surface area contributed by atoms with Crippen LogP contribution in [0.4, 0.5) is 0 Å². The van der Waals surface area contributed by atoms with Crippen LogP contribution in [0.3, 0.4) is 0 Å². The zero-order valence-corrected chi connectivity index (χ0v) is 12.2. The van der Waals surface area contributed by atoms with Gasteiger partial charge in [0, 0.05) is 11.8 Å². The van der Waals surface area contributed by atoms with Crippen LogP contribution < -0.4 is 4.74 Å². The Hall–Kier alpha value is -2.34. The number of aliphatic hydroxyl groups excluding tert-OH is 1. The van der Waals surface area contributed by atoms with Gasteiger partial charge in [-0.2, -0.15) is 5.10 Å². The fourth-order valence-electron chi connectivity index (χ4n) is 2.10. The van der Waals surface area contributed by atoms with Crippen LogP contribution in [0.15, 0.2) is 30.6 Å². The van der Waals surface area contributed by atoms with Crippen molar-refractivity contribution in [2.45, 2.75) is 20.0 Å². The Kier molecular flexibility index (Phi) is 4.59. The molecule has 1 N–H and O–H groups in total. The topological polar surface area (TPSA) is 73.6 Å². The highest BCUT2D eigenvalue weighted by Gasteiger charge is 2.17. The van der Waals surface area contributed by atoms with E-state index in [2.05, 4.69) is 5.10 Å². The molecule has 0 unspecified atom stereocenters. The van der Waals surface area contributed by atoms with Crippen molar-refractivity contribution in [3.8, 4) is 11.4 Å². The molecule has 112 valence electrons. The molecule has 0 aliphatic rings. The first-order valence-corrected chi connectivity index (χ1v) is 6.65. The lowest BCUT2D eigenvalue weighted by Gasteiger charge is -2.15. The van der Waals surface area contributed by atoms with Crippen molar-refractivity contribution in [3.05, 3.63) is 41.7 Å². The van der Waals surface area contributed by atoms with Gasteiger partial charge in [0.15, 0.2) is 0 Å². The first-order chi connectivity index (χ1) is 10.1. The second kappa shape index (κ2) is 6.41. The Morgan fingerprint density at radius 1 is 1.48 bits per heavy atom. The van der Waals surface area contributed by atoms with Gasteiger partial charge < -0.3 is 14.6 Å². The largest absolute Gasteiger partial charge is 0.496 e. The predicted octanol–water partition coefficient (Wildman–Crippen LogP) is 2.11. The van der Waals surface area contributed by atoms with Gasteiger partial charge in [0.1, 0.15) is 5.75 Å². The molecule has 1 atom stereocenters. The van der Waals surface area contributed by atoms with E-state index in [-0.39, 0.29) is 0 Å². The van der Waals surface area contributed by atoms with Crippen LogP contribution in [0.25, 0.3) is 5.69 Å². The van der Waals surface area contributed by atoms with Crippen molar-refractivity contribution in [1.82, 2.24) is 9.78 Å². The van der Waals surface area contributed by atoms with Crippen molar-refractivity contribution in [2.75, 3.05) is 13.7 Å². The quantitative estimate of drug-likeness (QED) is 0.854. The van der Waals surface area contributed by atoms with Gasteiger partial charge in [0.2, 0.25) is 0 Å². The lowest BCUT2D eigenvalue weighted by molar-refractivity contribution is 0.0526. The molecule has 6 heteroatoms. The van der Waals surface area contributed by atoms with Crippen LogP contribution in [-0.2, 0) is 4.74 Å². The number of rotatable bonds is 5. The molecular weight excluding hydrogens is 272 g/mol. The zero-order valence-electron chi connectivity index (χ0n) is 12.2. The maximum atomic E-state index is 11.7. The SMILES string of the molecule is CCOC(=O)c1cnn(-c2cccc(OC)c2[C@H](C)O)c1. The lowest BCUT2D eigenvalue weighted by Crippen LogP contribution is -2.06. The first kappa shape index (κ1) is 15.1. The predicted molar refractivity (Wildman–Crippen MR) is 76.7 cm³/mol. The zero-order chi connectivity index (χ0) is 15.4. The van der Waals surface area contributed by atoms with E-state index in [1.54, 1.807) is 38.2 Å². The van der Waals surface area contributed by atoms with E-state index in [1.165, 1.54) is 18.0 Å². The van der Waals surface area contributed by atoms with Crippen molar-refractivity contribution in [3.63, 3.8) is 0 Å². The molecule has 0 radical (unpaired) electrons. The molecule has 1 aromatic heterocycles. The maximum Gasteiger partial charge on any atom is 0.341 e. The number of hydrogen-bond donors (Lipinski definition) is 1. The number of hydrogen-bond acceptors (Lipinski definition) is 5. The Balaban J connectivity index is 2.45. The van der Waals surface area contributed by atoms with Gasteiger partial charge in [-0.15, -0.1) is 0 Å². The van der Waals surface area contributed by atoms with E-state index in [9.17, 15) is 9.90 Å². The van der Waals surface area contributed by atoms with Crippen LogP contribution in [-0.4, -0.2) is 34.6 Å². The second-order valence-electron chi connectivity index (χ2n) is 4.46. The van der Waals surface area contributed by atoms with Gasteiger partial charge in [0.25, 0.3) is 0 Å². The third-order valence-electron chi connectivity index (χ3n) is 3.02. The molecule has 0 saturated carbocycles. The van der Waals surface area contributed by atoms with Crippen molar-refractivity contribution < 1.29 is 19.4 Å². The number of methoxy groups -OCH3 is 1. The monoisotopic (exact) mass is 290 g/mol. The number of aliphatic hydroxyl groups is 1. The number of carbonyl (C=O) groups is 1. The normalized spacial score (nSPS) is 12.0. The van der Waals surface area contributed by atoms with Crippen molar-refractivity contribution >= 4 is 5.97 Å². The fourth-order valence-corrected chi connectivity index (χ4v) is 2.10. The number of esters is 1. The standard InChI is InChI=1S/C15H18N2O4/c1-4-21-15(19)11-8-16-17(9-11)12-6-5-7-13(20-3)14(12)10(2)18/h5-10,18H,4H2,1-3H3/t10-/m0/s1. The molecule has 6 nitrogen and oxygen atoms in total. The summed E-state index contributed by atoms with van der Waals surface area (Å²) in [5, 5.41) is 14.1. The fraction of sp³-hybridized carbons (Fsp3) is 0.333. The highest BCUT2D eigenvalue weighted by molar-refractivity contribution is 5.88. The van der Waals surface area contributed by atoms with Gasteiger partial charge in [0.05, 0.1) is 37.3 Å². The highest BCUT2D eigenvalue weighted by Crippen LogP contribution is 2.30. The van der Waals surface area contributed by atoms with Gasteiger partial charge >= 0.3 is 5.97 Å². The van der Waals surface area contributed by atoms with E-state index in [0.717, 1.165) is 0 Å². The van der Waals surface area contributed by atoms with E-state index >= 15 is 0 Å². The summed E-state index contributed by atoms with van der Waals surface area (Å²) < 4.78 is 11.7. The highest BCUT2D eigenvalue weighted by atomic mass is 16.5. The van der Waals surface area contributed by atoms with Crippen molar-refractivity contribution in [1.29, 1.82) is 0 Å². The number of nitrogens with zero attached hydrogens (tertiary/aromatic N) is 2. The smallest absolute Gasteiger partial charge is 0.341 e. The molecular formula is C15H18N2O4.